The molecule has 0 bridgehead atoms. The van der Waals surface area contributed by atoms with Crippen molar-refractivity contribution < 1.29 is 4.79 Å². The monoisotopic (exact) mass is 266 g/mol. The fourth-order valence-corrected chi connectivity index (χ4v) is 1.93. The van der Waals surface area contributed by atoms with E-state index >= 15 is 0 Å². The number of nitrogens with zero attached hydrogens (tertiary/aromatic N) is 2. The Morgan fingerprint density at radius 1 is 0.950 bits per heavy atom. The van der Waals surface area contributed by atoms with Crippen LogP contribution < -0.4 is 0 Å². The van der Waals surface area contributed by atoms with Gasteiger partial charge in [0.2, 0.25) is 5.78 Å². The average molecular weight is 266 g/mol. The summed E-state index contributed by atoms with van der Waals surface area (Å²) >= 11 is 0. The smallest absolute Gasteiger partial charge is 0.228 e. The Balaban J connectivity index is 2.42. The van der Waals surface area contributed by atoms with E-state index in [1.165, 1.54) is 0 Å². The lowest BCUT2D eigenvalue weighted by atomic mass is 10.0. The van der Waals surface area contributed by atoms with Gasteiger partial charge in [-0.15, -0.1) is 0 Å². The van der Waals surface area contributed by atoms with Gasteiger partial charge in [0, 0.05) is 19.7 Å². The third-order valence-corrected chi connectivity index (χ3v) is 3.01. The van der Waals surface area contributed by atoms with E-state index in [0.29, 0.717) is 11.4 Å². The molecule has 20 heavy (non-hydrogen) atoms. The third-order valence-electron chi connectivity index (χ3n) is 3.01. The Labute approximate surface area is 119 Å². The highest BCUT2D eigenvalue weighted by Gasteiger charge is 2.17. The van der Waals surface area contributed by atoms with Gasteiger partial charge in [-0.2, -0.15) is 0 Å². The second-order valence-corrected chi connectivity index (χ2v) is 4.81. The fourth-order valence-electron chi connectivity index (χ4n) is 1.93. The van der Waals surface area contributed by atoms with Crippen molar-refractivity contribution in [1.82, 2.24) is 4.90 Å². The number of Topliss-reactive ketones (excluding diaryl/α,β-unsaturated/α-hetero) is 1. The second-order valence-electron chi connectivity index (χ2n) is 4.81. The molecule has 2 aromatic rings. The van der Waals surface area contributed by atoms with E-state index in [1.807, 2.05) is 75.6 Å². The highest BCUT2D eigenvalue weighted by atomic mass is 16.1. The lowest BCUT2D eigenvalue weighted by molar-refractivity contribution is 0.105. The molecule has 0 saturated heterocycles. The third kappa shape index (κ3) is 3.12. The molecule has 3 heteroatoms. The molecule has 0 radical (unpaired) electrons. The Morgan fingerprint density at radius 2 is 1.55 bits per heavy atom. The number of hydrogen-bond donors (Lipinski definition) is 0. The molecule has 2 rings (SSSR count). The maximum Gasteiger partial charge on any atom is 0.228 e. The number of aliphatic imine (C=N–C) groups is 1. The zero-order valence-corrected chi connectivity index (χ0v) is 12.0. The lowest BCUT2D eigenvalue weighted by Gasteiger charge is -2.15. The Morgan fingerprint density at radius 3 is 2.15 bits per heavy atom. The van der Waals surface area contributed by atoms with Crippen LogP contribution in [0.4, 0.5) is 5.69 Å². The molecule has 0 N–H and O–H groups in total. The number of carbonyl (C=O) groups is 1. The lowest BCUT2D eigenvalue weighted by Crippen LogP contribution is -2.30. The van der Waals surface area contributed by atoms with Gasteiger partial charge < -0.3 is 4.90 Å². The molecule has 0 aliphatic rings. The average Bonchev–Trinajstić information content (AvgIpc) is 2.45. The van der Waals surface area contributed by atoms with Crippen LogP contribution in [0.3, 0.4) is 0 Å². The van der Waals surface area contributed by atoms with E-state index in [1.54, 1.807) is 4.90 Å². The number of likely N-dealkylation sites (N-methyl/N-ethyl adjacent to an activating group) is 1. The molecule has 0 amide bonds. The van der Waals surface area contributed by atoms with E-state index in [9.17, 15) is 4.79 Å². The molecule has 0 aromatic heterocycles. The van der Waals surface area contributed by atoms with Gasteiger partial charge in [-0.05, 0) is 24.6 Å². The van der Waals surface area contributed by atoms with Crippen LogP contribution in [0.1, 0.15) is 15.9 Å². The van der Waals surface area contributed by atoms with Crippen LogP contribution >= 0.6 is 0 Å². The maximum atomic E-state index is 12.6. The van der Waals surface area contributed by atoms with Gasteiger partial charge in [0.05, 0.1) is 5.69 Å². The van der Waals surface area contributed by atoms with Crippen LogP contribution in [0.25, 0.3) is 0 Å². The first-order chi connectivity index (χ1) is 9.59. The molecule has 0 spiro atoms. The molecular formula is C17H18N2O. The van der Waals surface area contributed by atoms with Crippen LogP contribution in [-0.4, -0.2) is 30.6 Å². The van der Waals surface area contributed by atoms with E-state index in [2.05, 4.69) is 4.99 Å². The number of amidine groups is 1. The molecule has 2 aromatic carbocycles. The maximum absolute atomic E-state index is 12.6. The first kappa shape index (κ1) is 14.0. The van der Waals surface area contributed by atoms with Gasteiger partial charge >= 0.3 is 0 Å². The van der Waals surface area contributed by atoms with Gasteiger partial charge in [0.15, 0.2) is 5.84 Å². The van der Waals surface area contributed by atoms with Crippen LogP contribution in [0, 0.1) is 6.92 Å². The van der Waals surface area contributed by atoms with E-state index < -0.39 is 0 Å². The summed E-state index contributed by atoms with van der Waals surface area (Å²) in [6, 6.07) is 17.1. The highest BCUT2D eigenvalue weighted by molar-refractivity contribution is 6.45. The van der Waals surface area contributed by atoms with Gasteiger partial charge in [-0.1, -0.05) is 42.5 Å². The molecule has 0 heterocycles. The number of aryl methyl sites for hydroxylation is 1. The number of para-hydroxylation sites is 1. The molecule has 0 unspecified atom stereocenters. The summed E-state index contributed by atoms with van der Waals surface area (Å²) in [7, 11) is 3.66. The molecule has 102 valence electrons. The van der Waals surface area contributed by atoms with Crippen molar-refractivity contribution in [3.8, 4) is 0 Å². The Hall–Kier alpha value is -2.42. The van der Waals surface area contributed by atoms with Crippen molar-refractivity contribution in [2.75, 3.05) is 14.1 Å². The summed E-state index contributed by atoms with van der Waals surface area (Å²) < 4.78 is 0. The minimum Gasteiger partial charge on any atom is -0.359 e. The van der Waals surface area contributed by atoms with Gasteiger partial charge in [-0.25, -0.2) is 4.99 Å². The Bertz CT molecular complexity index is 630. The zero-order chi connectivity index (χ0) is 14.5. The van der Waals surface area contributed by atoms with Crippen LogP contribution in [0.5, 0.6) is 0 Å². The number of ketones is 1. The number of benzene rings is 2. The van der Waals surface area contributed by atoms with Crippen molar-refractivity contribution >= 4 is 17.3 Å². The highest BCUT2D eigenvalue weighted by Crippen LogP contribution is 2.14. The van der Waals surface area contributed by atoms with Gasteiger partial charge in [0.1, 0.15) is 0 Å². The van der Waals surface area contributed by atoms with Crippen molar-refractivity contribution in [2.24, 2.45) is 4.99 Å². The quantitative estimate of drug-likeness (QED) is 0.484. The molecule has 0 aliphatic carbocycles. The largest absolute Gasteiger partial charge is 0.359 e. The molecule has 3 nitrogen and oxygen atoms in total. The van der Waals surface area contributed by atoms with Gasteiger partial charge in [0.25, 0.3) is 0 Å². The molecule has 0 aliphatic heterocycles. The second kappa shape index (κ2) is 6.15. The first-order valence-corrected chi connectivity index (χ1v) is 6.51. The summed E-state index contributed by atoms with van der Waals surface area (Å²) in [5.41, 5.74) is 2.43. The molecule has 0 atom stereocenters. The minimum atomic E-state index is -0.0584. The SMILES string of the molecule is Cc1ccccc1C(=O)C(=Nc1ccccc1)N(C)C. The number of carbonyl (C=O) groups excluding carboxylic acids is 1. The van der Waals surface area contributed by atoms with Crippen molar-refractivity contribution in [2.45, 2.75) is 6.92 Å². The summed E-state index contributed by atoms with van der Waals surface area (Å²) in [5.74, 6) is 0.377. The fraction of sp³-hybridized carbons (Fsp3) is 0.176. The van der Waals surface area contributed by atoms with E-state index in [4.69, 9.17) is 0 Å². The van der Waals surface area contributed by atoms with Crippen LogP contribution in [-0.2, 0) is 0 Å². The van der Waals surface area contributed by atoms with Crippen molar-refractivity contribution in [1.29, 1.82) is 0 Å². The normalized spacial score (nSPS) is 11.2. The summed E-state index contributed by atoms with van der Waals surface area (Å²) in [6.07, 6.45) is 0. The number of hydrogen-bond acceptors (Lipinski definition) is 2. The van der Waals surface area contributed by atoms with E-state index in [0.717, 1.165) is 11.3 Å². The first-order valence-electron chi connectivity index (χ1n) is 6.51. The van der Waals surface area contributed by atoms with Crippen molar-refractivity contribution in [3.05, 3.63) is 65.7 Å². The molecular weight excluding hydrogens is 248 g/mol. The van der Waals surface area contributed by atoms with Crippen LogP contribution in [0.2, 0.25) is 0 Å². The molecule has 0 fully saturated rings. The topological polar surface area (TPSA) is 32.7 Å². The standard InChI is InChI=1S/C17H18N2O/c1-13-9-7-8-12-15(13)16(20)17(19(2)3)18-14-10-5-4-6-11-14/h4-12H,1-3H3. The Kier molecular flexibility index (Phi) is 4.31. The van der Waals surface area contributed by atoms with E-state index in [-0.39, 0.29) is 5.78 Å². The van der Waals surface area contributed by atoms with Crippen LogP contribution in [0.15, 0.2) is 59.6 Å². The van der Waals surface area contributed by atoms with Crippen molar-refractivity contribution in [3.63, 3.8) is 0 Å². The number of rotatable bonds is 3. The summed E-state index contributed by atoms with van der Waals surface area (Å²) in [4.78, 5) is 18.9. The minimum absolute atomic E-state index is 0.0584. The predicted octanol–water partition coefficient (Wildman–Crippen LogP) is 3.47. The summed E-state index contributed by atoms with van der Waals surface area (Å²) in [5, 5.41) is 0. The van der Waals surface area contributed by atoms with Gasteiger partial charge in [-0.3, -0.25) is 4.79 Å². The summed E-state index contributed by atoms with van der Waals surface area (Å²) in [6.45, 7) is 1.93. The molecule has 0 saturated carbocycles. The zero-order valence-electron chi connectivity index (χ0n) is 12.0. The predicted molar refractivity (Wildman–Crippen MR) is 82.7 cm³/mol.